The van der Waals surface area contributed by atoms with Gasteiger partial charge in [0, 0.05) is 10.7 Å². The molecule has 0 unspecified atom stereocenters. The first kappa shape index (κ1) is 12.3. The van der Waals surface area contributed by atoms with Gasteiger partial charge in [-0.05, 0) is 34.1 Å². The Bertz CT molecular complexity index is 534. The molecule has 0 saturated heterocycles. The SMILES string of the molecule is COc1ccccc1Sc1ncc(Br)cc1N. The van der Waals surface area contributed by atoms with Crippen molar-refractivity contribution in [2.75, 3.05) is 12.8 Å². The second-order valence-corrected chi connectivity index (χ2v) is 5.25. The van der Waals surface area contributed by atoms with Crippen LogP contribution in [0, 0.1) is 0 Å². The predicted molar refractivity (Wildman–Crippen MR) is 73.5 cm³/mol. The molecule has 17 heavy (non-hydrogen) atoms. The average molecular weight is 311 g/mol. The number of anilines is 1. The maximum Gasteiger partial charge on any atom is 0.132 e. The van der Waals surface area contributed by atoms with Crippen molar-refractivity contribution in [3.8, 4) is 5.75 Å². The highest BCUT2D eigenvalue weighted by Crippen LogP contribution is 2.36. The molecule has 1 heterocycles. The molecule has 0 amide bonds. The molecule has 0 aliphatic carbocycles. The van der Waals surface area contributed by atoms with Crippen molar-refractivity contribution in [1.82, 2.24) is 4.98 Å². The van der Waals surface area contributed by atoms with Crippen LogP contribution in [0.4, 0.5) is 5.69 Å². The lowest BCUT2D eigenvalue weighted by Gasteiger charge is -2.08. The van der Waals surface area contributed by atoms with Crippen molar-refractivity contribution in [1.29, 1.82) is 0 Å². The standard InChI is InChI=1S/C12H11BrN2OS/c1-16-10-4-2-3-5-11(10)17-12-9(14)6-8(13)7-15-12/h2-7H,14H2,1H3. The summed E-state index contributed by atoms with van der Waals surface area (Å²) in [6, 6.07) is 9.62. The number of ether oxygens (including phenoxy) is 1. The van der Waals surface area contributed by atoms with Crippen molar-refractivity contribution >= 4 is 33.4 Å². The summed E-state index contributed by atoms with van der Waals surface area (Å²) in [5, 5.41) is 0.776. The minimum Gasteiger partial charge on any atom is -0.496 e. The number of hydrogen-bond acceptors (Lipinski definition) is 4. The number of rotatable bonds is 3. The fourth-order valence-corrected chi connectivity index (χ4v) is 2.57. The first-order valence-corrected chi connectivity index (χ1v) is 6.53. The Balaban J connectivity index is 2.31. The van der Waals surface area contributed by atoms with E-state index in [1.165, 1.54) is 11.8 Å². The summed E-state index contributed by atoms with van der Waals surface area (Å²) >= 11 is 4.83. The van der Waals surface area contributed by atoms with E-state index in [0.717, 1.165) is 20.1 Å². The number of nitrogen functional groups attached to an aromatic ring is 1. The summed E-state index contributed by atoms with van der Waals surface area (Å²) in [6.45, 7) is 0. The quantitative estimate of drug-likeness (QED) is 0.941. The van der Waals surface area contributed by atoms with Crippen molar-refractivity contribution in [3.63, 3.8) is 0 Å². The Labute approximate surface area is 113 Å². The van der Waals surface area contributed by atoms with Crippen LogP contribution in [0.3, 0.4) is 0 Å². The van der Waals surface area contributed by atoms with Crippen LogP contribution in [0.2, 0.25) is 0 Å². The number of nitrogens with two attached hydrogens (primary N) is 1. The summed E-state index contributed by atoms with van der Waals surface area (Å²) in [7, 11) is 1.65. The molecule has 0 bridgehead atoms. The van der Waals surface area contributed by atoms with E-state index in [2.05, 4.69) is 20.9 Å². The third-order valence-electron chi connectivity index (χ3n) is 2.12. The minimum atomic E-state index is 0.648. The summed E-state index contributed by atoms with van der Waals surface area (Å²) < 4.78 is 6.16. The van der Waals surface area contributed by atoms with Gasteiger partial charge in [-0.25, -0.2) is 4.98 Å². The maximum atomic E-state index is 5.91. The lowest BCUT2D eigenvalue weighted by Crippen LogP contribution is -1.92. The molecule has 0 atom stereocenters. The van der Waals surface area contributed by atoms with Crippen LogP contribution in [0.1, 0.15) is 0 Å². The third-order valence-corrected chi connectivity index (χ3v) is 3.65. The van der Waals surface area contributed by atoms with E-state index in [0.29, 0.717) is 5.69 Å². The molecule has 0 spiro atoms. The third kappa shape index (κ3) is 2.92. The van der Waals surface area contributed by atoms with Crippen molar-refractivity contribution in [2.45, 2.75) is 9.92 Å². The molecule has 0 fully saturated rings. The van der Waals surface area contributed by atoms with Gasteiger partial charge in [-0.15, -0.1) is 0 Å². The highest BCUT2D eigenvalue weighted by Gasteiger charge is 2.08. The number of aromatic nitrogens is 1. The van der Waals surface area contributed by atoms with Gasteiger partial charge in [0.25, 0.3) is 0 Å². The number of pyridine rings is 1. The van der Waals surface area contributed by atoms with Crippen LogP contribution in [-0.2, 0) is 0 Å². The monoisotopic (exact) mass is 310 g/mol. The molecule has 0 aliphatic heterocycles. The Kier molecular flexibility index (Phi) is 3.91. The van der Waals surface area contributed by atoms with Gasteiger partial charge >= 0.3 is 0 Å². The zero-order valence-electron chi connectivity index (χ0n) is 9.18. The number of halogens is 1. The topological polar surface area (TPSA) is 48.1 Å². The summed E-state index contributed by atoms with van der Waals surface area (Å²) in [5.41, 5.74) is 6.56. The summed E-state index contributed by atoms with van der Waals surface area (Å²) in [6.07, 6.45) is 1.73. The molecule has 0 saturated carbocycles. The number of nitrogens with zero attached hydrogens (tertiary/aromatic N) is 1. The smallest absolute Gasteiger partial charge is 0.132 e. The Morgan fingerprint density at radius 1 is 1.35 bits per heavy atom. The number of hydrogen-bond donors (Lipinski definition) is 1. The van der Waals surface area contributed by atoms with Crippen molar-refractivity contribution in [2.24, 2.45) is 0 Å². The van der Waals surface area contributed by atoms with Crippen molar-refractivity contribution < 1.29 is 4.74 Å². The molecular formula is C12H11BrN2OS. The molecule has 2 aromatic rings. The molecule has 0 radical (unpaired) electrons. The Morgan fingerprint density at radius 2 is 2.12 bits per heavy atom. The van der Waals surface area contributed by atoms with E-state index in [1.54, 1.807) is 13.3 Å². The molecule has 2 N–H and O–H groups in total. The van der Waals surface area contributed by atoms with Gasteiger partial charge in [-0.1, -0.05) is 23.9 Å². The summed E-state index contributed by atoms with van der Waals surface area (Å²) in [4.78, 5) is 5.28. The van der Waals surface area contributed by atoms with Gasteiger partial charge in [0.15, 0.2) is 0 Å². The first-order valence-electron chi connectivity index (χ1n) is 4.92. The van der Waals surface area contributed by atoms with Crippen LogP contribution >= 0.6 is 27.7 Å². The minimum absolute atomic E-state index is 0.648. The highest BCUT2D eigenvalue weighted by molar-refractivity contribution is 9.10. The second-order valence-electron chi connectivity index (χ2n) is 3.30. The first-order chi connectivity index (χ1) is 8.20. The van der Waals surface area contributed by atoms with Gasteiger partial charge in [-0.2, -0.15) is 0 Å². The van der Waals surface area contributed by atoms with E-state index in [9.17, 15) is 0 Å². The van der Waals surface area contributed by atoms with E-state index in [-0.39, 0.29) is 0 Å². The van der Waals surface area contributed by atoms with Gasteiger partial charge in [0.1, 0.15) is 10.8 Å². The van der Waals surface area contributed by atoms with E-state index in [1.807, 2.05) is 30.3 Å². The molecule has 2 rings (SSSR count). The van der Waals surface area contributed by atoms with Crippen LogP contribution in [0.5, 0.6) is 5.75 Å². The molecule has 0 aliphatic rings. The fourth-order valence-electron chi connectivity index (χ4n) is 1.33. The van der Waals surface area contributed by atoms with Gasteiger partial charge < -0.3 is 10.5 Å². The normalized spacial score (nSPS) is 10.2. The molecule has 88 valence electrons. The largest absolute Gasteiger partial charge is 0.496 e. The lowest BCUT2D eigenvalue weighted by atomic mass is 10.3. The number of para-hydroxylation sites is 1. The number of methoxy groups -OCH3 is 1. The van der Waals surface area contributed by atoms with Gasteiger partial charge in [0.2, 0.25) is 0 Å². The molecule has 5 heteroatoms. The lowest BCUT2D eigenvalue weighted by molar-refractivity contribution is 0.405. The van der Waals surface area contributed by atoms with E-state index < -0.39 is 0 Å². The molecule has 1 aromatic heterocycles. The predicted octanol–water partition coefficient (Wildman–Crippen LogP) is 3.59. The van der Waals surface area contributed by atoms with Crippen molar-refractivity contribution in [3.05, 3.63) is 41.0 Å². The van der Waals surface area contributed by atoms with Gasteiger partial charge in [-0.3, -0.25) is 0 Å². The molecule has 1 aromatic carbocycles. The highest BCUT2D eigenvalue weighted by atomic mass is 79.9. The van der Waals surface area contributed by atoms with Crippen LogP contribution in [0.15, 0.2) is 50.9 Å². The second kappa shape index (κ2) is 5.42. The van der Waals surface area contributed by atoms with Crippen LogP contribution in [-0.4, -0.2) is 12.1 Å². The average Bonchev–Trinajstić information content (AvgIpc) is 2.33. The van der Waals surface area contributed by atoms with E-state index >= 15 is 0 Å². The van der Waals surface area contributed by atoms with Crippen LogP contribution < -0.4 is 10.5 Å². The Morgan fingerprint density at radius 3 is 2.82 bits per heavy atom. The number of benzene rings is 1. The zero-order chi connectivity index (χ0) is 12.3. The molecular weight excluding hydrogens is 300 g/mol. The van der Waals surface area contributed by atoms with Gasteiger partial charge in [0.05, 0.1) is 17.7 Å². The van der Waals surface area contributed by atoms with E-state index in [4.69, 9.17) is 10.5 Å². The van der Waals surface area contributed by atoms with Crippen LogP contribution in [0.25, 0.3) is 0 Å². The fraction of sp³-hybridized carbons (Fsp3) is 0.0833. The maximum absolute atomic E-state index is 5.91. The summed E-state index contributed by atoms with van der Waals surface area (Å²) in [5.74, 6) is 0.821. The molecule has 3 nitrogen and oxygen atoms in total. The zero-order valence-corrected chi connectivity index (χ0v) is 11.6. The Hall–Kier alpha value is -1.20.